The fourth-order valence-corrected chi connectivity index (χ4v) is 2.01. The minimum atomic E-state index is -0.532. The molecule has 0 spiro atoms. The summed E-state index contributed by atoms with van der Waals surface area (Å²) in [7, 11) is 0. The maximum Gasteiger partial charge on any atom is 0.249 e. The smallest absolute Gasteiger partial charge is 0.249 e. The van der Waals surface area contributed by atoms with Gasteiger partial charge in [0.1, 0.15) is 6.04 Å². The Kier molecular flexibility index (Phi) is 4.45. The van der Waals surface area contributed by atoms with Crippen molar-refractivity contribution >= 4 is 17.5 Å². The lowest BCUT2D eigenvalue weighted by Gasteiger charge is -2.15. The predicted molar refractivity (Wildman–Crippen MR) is 74.0 cm³/mol. The number of hydrogen-bond acceptors (Lipinski definition) is 5. The fraction of sp³-hybridized carbons (Fsp3) is 0.429. The highest BCUT2D eigenvalue weighted by molar-refractivity contribution is 6.06. The highest BCUT2D eigenvalue weighted by Crippen LogP contribution is 2.31. The van der Waals surface area contributed by atoms with Crippen LogP contribution in [0.2, 0.25) is 0 Å². The molecule has 1 heterocycles. The molecule has 1 aromatic rings. The second-order valence-corrected chi connectivity index (χ2v) is 4.34. The molecule has 1 aromatic carbocycles. The van der Waals surface area contributed by atoms with Crippen LogP contribution in [0.3, 0.4) is 0 Å². The van der Waals surface area contributed by atoms with Crippen LogP contribution in [0.25, 0.3) is 0 Å². The Balaban J connectivity index is 2.14. The molecule has 0 radical (unpaired) electrons. The van der Waals surface area contributed by atoms with E-state index in [-0.39, 0.29) is 18.2 Å². The van der Waals surface area contributed by atoms with Gasteiger partial charge in [0.2, 0.25) is 11.8 Å². The van der Waals surface area contributed by atoms with Gasteiger partial charge in [0.25, 0.3) is 0 Å². The van der Waals surface area contributed by atoms with Crippen LogP contribution < -0.4 is 20.1 Å². The molecular weight excluding hydrogens is 260 g/mol. The highest BCUT2D eigenvalue weighted by Gasteiger charge is 2.30. The van der Waals surface area contributed by atoms with Crippen molar-refractivity contribution in [2.75, 3.05) is 18.5 Å². The van der Waals surface area contributed by atoms with E-state index >= 15 is 0 Å². The zero-order chi connectivity index (χ0) is 14.5. The standard InChI is InChI=1S/C14H18N2O4/c1-3-19-11-6-5-9(7-12(11)20-4-2)15-10-8-13(17)16-14(10)18/h5-7,10,15H,3-4,8H2,1-2H3,(H,16,17,18). The molecule has 6 nitrogen and oxygen atoms in total. The lowest BCUT2D eigenvalue weighted by atomic mass is 10.2. The number of amides is 2. The molecule has 1 unspecified atom stereocenters. The first kappa shape index (κ1) is 14.2. The summed E-state index contributed by atoms with van der Waals surface area (Å²) >= 11 is 0. The summed E-state index contributed by atoms with van der Waals surface area (Å²) in [5, 5.41) is 5.28. The molecule has 0 aliphatic carbocycles. The lowest BCUT2D eigenvalue weighted by molar-refractivity contribution is -0.124. The molecule has 1 atom stereocenters. The third kappa shape index (κ3) is 3.20. The molecule has 0 aromatic heterocycles. The summed E-state index contributed by atoms with van der Waals surface area (Å²) in [6.45, 7) is 4.85. The van der Waals surface area contributed by atoms with Crippen LogP contribution in [0.15, 0.2) is 18.2 Å². The minimum absolute atomic E-state index is 0.149. The van der Waals surface area contributed by atoms with Gasteiger partial charge in [0.05, 0.1) is 19.6 Å². The summed E-state index contributed by atoms with van der Waals surface area (Å²) in [5.41, 5.74) is 0.715. The van der Waals surface area contributed by atoms with Crippen LogP contribution >= 0.6 is 0 Å². The number of ether oxygens (including phenoxy) is 2. The zero-order valence-corrected chi connectivity index (χ0v) is 11.6. The van der Waals surface area contributed by atoms with E-state index < -0.39 is 6.04 Å². The number of carbonyl (C=O) groups excluding carboxylic acids is 2. The molecule has 1 aliphatic heterocycles. The van der Waals surface area contributed by atoms with Gasteiger partial charge >= 0.3 is 0 Å². The molecular formula is C14H18N2O4. The summed E-state index contributed by atoms with van der Waals surface area (Å²) in [6.07, 6.45) is 0.149. The number of imide groups is 1. The summed E-state index contributed by atoms with van der Waals surface area (Å²) in [5.74, 6) is 0.709. The van der Waals surface area contributed by atoms with E-state index in [9.17, 15) is 9.59 Å². The summed E-state index contributed by atoms with van der Waals surface area (Å²) in [6, 6.07) is 4.81. The van der Waals surface area contributed by atoms with E-state index in [1.807, 2.05) is 13.8 Å². The van der Waals surface area contributed by atoms with Crippen LogP contribution in [0.1, 0.15) is 20.3 Å². The van der Waals surface area contributed by atoms with Crippen LogP contribution in [-0.4, -0.2) is 31.1 Å². The van der Waals surface area contributed by atoms with Gasteiger partial charge in [0, 0.05) is 11.8 Å². The second kappa shape index (κ2) is 6.27. The molecule has 20 heavy (non-hydrogen) atoms. The Morgan fingerprint density at radius 3 is 2.50 bits per heavy atom. The third-order valence-corrected chi connectivity index (χ3v) is 2.85. The van der Waals surface area contributed by atoms with Gasteiger partial charge in [-0.25, -0.2) is 0 Å². The normalized spacial score (nSPS) is 17.8. The first-order chi connectivity index (χ1) is 9.63. The molecule has 6 heteroatoms. The van der Waals surface area contributed by atoms with E-state index in [4.69, 9.17) is 9.47 Å². The Morgan fingerprint density at radius 1 is 1.20 bits per heavy atom. The molecule has 2 N–H and O–H groups in total. The summed E-state index contributed by atoms with van der Waals surface area (Å²) < 4.78 is 11.0. The first-order valence-electron chi connectivity index (χ1n) is 6.64. The highest BCUT2D eigenvalue weighted by atomic mass is 16.5. The molecule has 2 rings (SSSR count). The average molecular weight is 278 g/mol. The van der Waals surface area contributed by atoms with E-state index in [0.717, 1.165) is 0 Å². The van der Waals surface area contributed by atoms with Crippen LogP contribution in [-0.2, 0) is 9.59 Å². The molecule has 0 bridgehead atoms. The quantitative estimate of drug-likeness (QED) is 0.767. The Labute approximate surface area is 117 Å². The van der Waals surface area contributed by atoms with Crippen molar-refractivity contribution in [1.29, 1.82) is 0 Å². The monoisotopic (exact) mass is 278 g/mol. The van der Waals surface area contributed by atoms with Crippen LogP contribution in [0, 0.1) is 0 Å². The van der Waals surface area contributed by atoms with Gasteiger partial charge in [0.15, 0.2) is 11.5 Å². The van der Waals surface area contributed by atoms with E-state index in [1.54, 1.807) is 18.2 Å². The lowest BCUT2D eigenvalue weighted by Crippen LogP contribution is -2.30. The molecule has 1 fully saturated rings. The van der Waals surface area contributed by atoms with E-state index in [2.05, 4.69) is 10.6 Å². The maximum absolute atomic E-state index is 11.5. The minimum Gasteiger partial charge on any atom is -0.490 e. The Morgan fingerprint density at radius 2 is 1.90 bits per heavy atom. The average Bonchev–Trinajstić information content (AvgIpc) is 2.71. The Hall–Kier alpha value is -2.24. The van der Waals surface area contributed by atoms with Gasteiger partial charge in [-0.15, -0.1) is 0 Å². The molecule has 2 amide bonds. The number of hydrogen-bond donors (Lipinski definition) is 2. The fourth-order valence-electron chi connectivity index (χ4n) is 2.01. The first-order valence-corrected chi connectivity index (χ1v) is 6.64. The van der Waals surface area contributed by atoms with Crippen molar-refractivity contribution in [1.82, 2.24) is 5.32 Å². The third-order valence-electron chi connectivity index (χ3n) is 2.85. The zero-order valence-electron chi connectivity index (χ0n) is 11.6. The number of nitrogens with one attached hydrogen (secondary N) is 2. The number of benzene rings is 1. The van der Waals surface area contributed by atoms with Crippen molar-refractivity contribution in [2.45, 2.75) is 26.3 Å². The van der Waals surface area contributed by atoms with Gasteiger partial charge in [-0.1, -0.05) is 0 Å². The maximum atomic E-state index is 11.5. The molecule has 0 saturated carbocycles. The van der Waals surface area contributed by atoms with E-state index in [0.29, 0.717) is 30.4 Å². The van der Waals surface area contributed by atoms with Crippen molar-refractivity contribution < 1.29 is 19.1 Å². The van der Waals surface area contributed by atoms with Gasteiger partial charge in [-0.2, -0.15) is 0 Å². The largest absolute Gasteiger partial charge is 0.490 e. The second-order valence-electron chi connectivity index (χ2n) is 4.34. The topological polar surface area (TPSA) is 76.7 Å². The van der Waals surface area contributed by atoms with Gasteiger partial charge in [-0.05, 0) is 26.0 Å². The van der Waals surface area contributed by atoms with Crippen LogP contribution in [0.5, 0.6) is 11.5 Å². The number of anilines is 1. The van der Waals surface area contributed by atoms with Crippen molar-refractivity contribution in [3.63, 3.8) is 0 Å². The van der Waals surface area contributed by atoms with Crippen molar-refractivity contribution in [3.05, 3.63) is 18.2 Å². The molecule has 1 saturated heterocycles. The predicted octanol–water partition coefficient (Wildman–Crippen LogP) is 1.31. The number of rotatable bonds is 6. The van der Waals surface area contributed by atoms with Gasteiger partial charge in [-0.3, -0.25) is 14.9 Å². The summed E-state index contributed by atoms with van der Waals surface area (Å²) in [4.78, 5) is 22.7. The van der Waals surface area contributed by atoms with E-state index in [1.165, 1.54) is 0 Å². The molecule has 1 aliphatic rings. The molecule has 108 valence electrons. The van der Waals surface area contributed by atoms with Crippen molar-refractivity contribution in [3.8, 4) is 11.5 Å². The van der Waals surface area contributed by atoms with Crippen molar-refractivity contribution in [2.24, 2.45) is 0 Å². The number of carbonyl (C=O) groups is 2. The van der Waals surface area contributed by atoms with Crippen LogP contribution in [0.4, 0.5) is 5.69 Å². The Bertz CT molecular complexity index is 516. The SMILES string of the molecule is CCOc1ccc(NC2CC(=O)NC2=O)cc1OCC. The van der Waals surface area contributed by atoms with Gasteiger partial charge < -0.3 is 14.8 Å².